The SMILES string of the molecule is O=C1NCC2CN(CCN3CCNCC3)CCN12. The molecule has 3 aliphatic rings. The Kier molecular flexibility index (Phi) is 3.67. The first-order valence-corrected chi connectivity index (χ1v) is 7.03. The Labute approximate surface area is 108 Å². The number of carbonyl (C=O) groups excluding carboxylic acids is 1. The van der Waals surface area contributed by atoms with E-state index < -0.39 is 0 Å². The van der Waals surface area contributed by atoms with Crippen LogP contribution in [0, 0.1) is 0 Å². The van der Waals surface area contributed by atoms with E-state index in [1.165, 1.54) is 13.1 Å². The second-order valence-corrected chi connectivity index (χ2v) is 5.43. The highest BCUT2D eigenvalue weighted by Gasteiger charge is 2.35. The van der Waals surface area contributed by atoms with Crippen molar-refractivity contribution in [3.63, 3.8) is 0 Å². The summed E-state index contributed by atoms with van der Waals surface area (Å²) < 4.78 is 0. The fraction of sp³-hybridized carbons (Fsp3) is 0.917. The van der Waals surface area contributed by atoms with E-state index in [1.54, 1.807) is 0 Å². The minimum absolute atomic E-state index is 0.127. The summed E-state index contributed by atoms with van der Waals surface area (Å²) in [6, 6.07) is 0.524. The lowest BCUT2D eigenvalue weighted by atomic mass is 10.2. The maximum absolute atomic E-state index is 11.5. The number of carbonyl (C=O) groups is 1. The van der Waals surface area contributed by atoms with Crippen molar-refractivity contribution in [3.05, 3.63) is 0 Å². The quantitative estimate of drug-likeness (QED) is 0.650. The van der Waals surface area contributed by atoms with E-state index in [0.29, 0.717) is 6.04 Å². The monoisotopic (exact) mass is 253 g/mol. The van der Waals surface area contributed by atoms with E-state index in [4.69, 9.17) is 0 Å². The Morgan fingerprint density at radius 1 is 1.06 bits per heavy atom. The third kappa shape index (κ3) is 2.60. The molecule has 3 saturated heterocycles. The number of fused-ring (bicyclic) bond motifs is 1. The highest BCUT2D eigenvalue weighted by molar-refractivity contribution is 5.77. The molecule has 3 heterocycles. The van der Waals surface area contributed by atoms with E-state index in [0.717, 1.165) is 52.4 Å². The zero-order valence-electron chi connectivity index (χ0n) is 10.9. The molecule has 3 aliphatic heterocycles. The molecule has 3 rings (SSSR count). The highest BCUT2D eigenvalue weighted by Crippen LogP contribution is 2.13. The van der Waals surface area contributed by atoms with Gasteiger partial charge in [0.15, 0.2) is 0 Å². The predicted octanol–water partition coefficient (Wildman–Crippen LogP) is -1.40. The Morgan fingerprint density at radius 2 is 1.83 bits per heavy atom. The van der Waals surface area contributed by atoms with Gasteiger partial charge in [-0.2, -0.15) is 0 Å². The van der Waals surface area contributed by atoms with E-state index in [2.05, 4.69) is 20.4 Å². The molecule has 0 aromatic rings. The first kappa shape index (κ1) is 12.2. The van der Waals surface area contributed by atoms with Crippen LogP contribution in [0.3, 0.4) is 0 Å². The van der Waals surface area contributed by atoms with Crippen molar-refractivity contribution < 1.29 is 4.79 Å². The molecule has 2 N–H and O–H groups in total. The minimum Gasteiger partial charge on any atom is -0.336 e. The van der Waals surface area contributed by atoms with Crippen LogP contribution in [-0.2, 0) is 0 Å². The van der Waals surface area contributed by atoms with Crippen LogP contribution in [0.5, 0.6) is 0 Å². The molecule has 0 bridgehead atoms. The molecular formula is C12H23N5O. The van der Waals surface area contributed by atoms with Crippen LogP contribution in [-0.4, -0.2) is 92.2 Å². The maximum atomic E-state index is 11.5. The average Bonchev–Trinajstić information content (AvgIpc) is 2.79. The number of urea groups is 1. The summed E-state index contributed by atoms with van der Waals surface area (Å²) in [5.41, 5.74) is 0. The largest absolute Gasteiger partial charge is 0.336 e. The number of hydrogen-bond donors (Lipinski definition) is 2. The fourth-order valence-corrected chi connectivity index (χ4v) is 3.09. The molecule has 1 atom stereocenters. The molecule has 18 heavy (non-hydrogen) atoms. The summed E-state index contributed by atoms with van der Waals surface area (Å²) >= 11 is 0. The lowest BCUT2D eigenvalue weighted by Crippen LogP contribution is -2.54. The number of rotatable bonds is 3. The number of piperazine rings is 2. The third-order valence-electron chi connectivity index (χ3n) is 4.26. The smallest absolute Gasteiger partial charge is 0.317 e. The van der Waals surface area contributed by atoms with Gasteiger partial charge in [0.25, 0.3) is 0 Å². The van der Waals surface area contributed by atoms with E-state index in [1.807, 2.05) is 4.90 Å². The highest BCUT2D eigenvalue weighted by atomic mass is 16.2. The van der Waals surface area contributed by atoms with Gasteiger partial charge >= 0.3 is 6.03 Å². The van der Waals surface area contributed by atoms with Crippen LogP contribution in [0.2, 0.25) is 0 Å². The van der Waals surface area contributed by atoms with Crippen molar-refractivity contribution in [2.45, 2.75) is 6.04 Å². The van der Waals surface area contributed by atoms with Gasteiger partial charge in [0.05, 0.1) is 6.04 Å². The van der Waals surface area contributed by atoms with Crippen LogP contribution in [0.25, 0.3) is 0 Å². The Balaban J connectivity index is 1.43. The molecule has 0 spiro atoms. The molecular weight excluding hydrogens is 230 g/mol. The summed E-state index contributed by atoms with van der Waals surface area (Å²) in [6.45, 7) is 10.6. The van der Waals surface area contributed by atoms with E-state index in [9.17, 15) is 4.79 Å². The zero-order valence-corrected chi connectivity index (χ0v) is 10.9. The van der Waals surface area contributed by atoms with E-state index in [-0.39, 0.29) is 6.03 Å². The second kappa shape index (κ2) is 5.42. The molecule has 6 heteroatoms. The summed E-state index contributed by atoms with van der Waals surface area (Å²) in [5.74, 6) is 0. The Morgan fingerprint density at radius 3 is 2.67 bits per heavy atom. The zero-order chi connectivity index (χ0) is 12.4. The van der Waals surface area contributed by atoms with Crippen LogP contribution in [0.1, 0.15) is 0 Å². The van der Waals surface area contributed by atoms with Gasteiger partial charge in [-0.3, -0.25) is 9.80 Å². The maximum Gasteiger partial charge on any atom is 0.317 e. The van der Waals surface area contributed by atoms with Gasteiger partial charge in [0, 0.05) is 65.4 Å². The molecule has 0 aliphatic carbocycles. The molecule has 0 aromatic heterocycles. The molecule has 0 saturated carbocycles. The second-order valence-electron chi connectivity index (χ2n) is 5.43. The van der Waals surface area contributed by atoms with Gasteiger partial charge in [-0.1, -0.05) is 0 Å². The van der Waals surface area contributed by atoms with Crippen molar-refractivity contribution in [3.8, 4) is 0 Å². The van der Waals surface area contributed by atoms with Crippen molar-refractivity contribution in [2.75, 3.05) is 65.4 Å². The van der Waals surface area contributed by atoms with Gasteiger partial charge in [0.1, 0.15) is 0 Å². The first-order valence-electron chi connectivity index (χ1n) is 7.03. The van der Waals surface area contributed by atoms with Crippen LogP contribution < -0.4 is 10.6 Å². The van der Waals surface area contributed by atoms with Crippen LogP contribution >= 0.6 is 0 Å². The lowest BCUT2D eigenvalue weighted by molar-refractivity contribution is 0.107. The van der Waals surface area contributed by atoms with Crippen molar-refractivity contribution in [1.29, 1.82) is 0 Å². The van der Waals surface area contributed by atoms with Crippen LogP contribution in [0.15, 0.2) is 0 Å². The van der Waals surface area contributed by atoms with Crippen LogP contribution in [0.4, 0.5) is 4.79 Å². The average molecular weight is 253 g/mol. The number of nitrogens with one attached hydrogen (secondary N) is 2. The minimum atomic E-state index is 0.127. The van der Waals surface area contributed by atoms with Crippen molar-refractivity contribution in [1.82, 2.24) is 25.3 Å². The summed E-state index contributed by atoms with van der Waals surface area (Å²) in [5, 5.41) is 6.31. The standard InChI is InChI=1S/C12H23N5O/c18-12-14-9-11-10-16(7-8-17(11)12)6-5-15-3-1-13-2-4-15/h11,13H,1-10H2,(H,14,18). The summed E-state index contributed by atoms with van der Waals surface area (Å²) in [7, 11) is 0. The molecule has 0 aromatic carbocycles. The molecule has 102 valence electrons. The fourth-order valence-electron chi connectivity index (χ4n) is 3.09. The van der Waals surface area contributed by atoms with Gasteiger partial charge in [-0.05, 0) is 0 Å². The van der Waals surface area contributed by atoms with Gasteiger partial charge in [0.2, 0.25) is 0 Å². The van der Waals surface area contributed by atoms with Gasteiger partial charge < -0.3 is 15.5 Å². The molecule has 2 amide bonds. The Bertz CT molecular complexity index is 305. The molecule has 6 nitrogen and oxygen atoms in total. The topological polar surface area (TPSA) is 50.9 Å². The molecule has 3 fully saturated rings. The lowest BCUT2D eigenvalue weighted by Gasteiger charge is -2.37. The number of amides is 2. The Hall–Kier alpha value is -0.850. The van der Waals surface area contributed by atoms with E-state index >= 15 is 0 Å². The normalized spacial score (nSPS) is 30.3. The molecule has 1 unspecified atom stereocenters. The van der Waals surface area contributed by atoms with Gasteiger partial charge in [-0.25, -0.2) is 4.79 Å². The summed E-state index contributed by atoms with van der Waals surface area (Å²) in [4.78, 5) is 18.5. The number of hydrogen-bond acceptors (Lipinski definition) is 4. The number of nitrogens with zero attached hydrogens (tertiary/aromatic N) is 3. The van der Waals surface area contributed by atoms with Crippen molar-refractivity contribution >= 4 is 6.03 Å². The first-order chi connectivity index (χ1) is 8.83. The molecule has 0 radical (unpaired) electrons. The van der Waals surface area contributed by atoms with Crippen molar-refractivity contribution in [2.24, 2.45) is 0 Å². The predicted molar refractivity (Wildman–Crippen MR) is 69.6 cm³/mol. The van der Waals surface area contributed by atoms with Gasteiger partial charge in [-0.15, -0.1) is 0 Å². The summed E-state index contributed by atoms with van der Waals surface area (Å²) in [6.07, 6.45) is 0. The third-order valence-corrected chi connectivity index (χ3v) is 4.26.